The van der Waals surface area contributed by atoms with Crippen molar-refractivity contribution in [1.29, 1.82) is 0 Å². The standard InChI is InChI=1S/C23H26F2/c1-2-3-17-4-6-18(7-5-17)8-9-19-10-12-20(13-11-19)21-14-15-22(24)23(25)16-21/h2-3,10-18H,4-9H2,1H3/t17-,18-. The molecule has 0 nitrogen and oxygen atoms in total. The van der Waals surface area contributed by atoms with E-state index < -0.39 is 11.6 Å². The van der Waals surface area contributed by atoms with Crippen molar-refractivity contribution in [3.63, 3.8) is 0 Å². The highest BCUT2D eigenvalue weighted by Gasteiger charge is 2.19. The minimum absolute atomic E-state index is 0.716. The summed E-state index contributed by atoms with van der Waals surface area (Å²) in [4.78, 5) is 0. The molecule has 0 spiro atoms. The van der Waals surface area contributed by atoms with E-state index >= 15 is 0 Å². The van der Waals surface area contributed by atoms with E-state index in [1.54, 1.807) is 6.07 Å². The summed E-state index contributed by atoms with van der Waals surface area (Å²) >= 11 is 0. The zero-order valence-corrected chi connectivity index (χ0v) is 14.8. The molecule has 0 bridgehead atoms. The van der Waals surface area contributed by atoms with Crippen LogP contribution in [-0.2, 0) is 6.42 Å². The van der Waals surface area contributed by atoms with E-state index in [0.717, 1.165) is 23.8 Å². The first-order chi connectivity index (χ1) is 12.2. The lowest BCUT2D eigenvalue weighted by Gasteiger charge is -2.26. The molecule has 2 heteroatoms. The summed E-state index contributed by atoms with van der Waals surface area (Å²) in [6.07, 6.45) is 12.2. The number of aryl methyl sites for hydroxylation is 1. The van der Waals surface area contributed by atoms with E-state index in [-0.39, 0.29) is 0 Å². The van der Waals surface area contributed by atoms with Crippen LogP contribution in [0, 0.1) is 23.5 Å². The van der Waals surface area contributed by atoms with Crippen LogP contribution < -0.4 is 0 Å². The number of hydrogen-bond acceptors (Lipinski definition) is 0. The molecular formula is C23H26F2. The first kappa shape index (κ1) is 17.8. The van der Waals surface area contributed by atoms with E-state index in [0.29, 0.717) is 5.56 Å². The molecule has 132 valence electrons. The van der Waals surface area contributed by atoms with Gasteiger partial charge in [0.25, 0.3) is 0 Å². The number of halogens is 2. The summed E-state index contributed by atoms with van der Waals surface area (Å²) in [5, 5.41) is 0. The maximum atomic E-state index is 13.4. The highest BCUT2D eigenvalue weighted by Crippen LogP contribution is 2.32. The van der Waals surface area contributed by atoms with Crippen LogP contribution in [0.5, 0.6) is 0 Å². The van der Waals surface area contributed by atoms with E-state index in [2.05, 4.69) is 31.2 Å². The molecule has 1 aliphatic rings. The second-order valence-corrected chi connectivity index (χ2v) is 7.17. The molecule has 0 unspecified atom stereocenters. The van der Waals surface area contributed by atoms with Gasteiger partial charge in [0.05, 0.1) is 0 Å². The quantitative estimate of drug-likeness (QED) is 0.517. The lowest BCUT2D eigenvalue weighted by molar-refractivity contribution is 0.296. The number of hydrogen-bond donors (Lipinski definition) is 0. The van der Waals surface area contributed by atoms with Gasteiger partial charge in [0.15, 0.2) is 11.6 Å². The Hall–Kier alpha value is -1.96. The van der Waals surface area contributed by atoms with E-state index in [1.165, 1.54) is 49.8 Å². The molecule has 0 heterocycles. The smallest absolute Gasteiger partial charge is 0.159 e. The largest absolute Gasteiger partial charge is 0.204 e. The molecule has 2 aromatic rings. The number of allylic oxidation sites excluding steroid dienone is 2. The third-order valence-electron chi connectivity index (χ3n) is 5.40. The third kappa shape index (κ3) is 4.78. The van der Waals surface area contributed by atoms with Crippen LogP contribution >= 0.6 is 0 Å². The minimum Gasteiger partial charge on any atom is -0.204 e. The van der Waals surface area contributed by atoms with E-state index in [1.807, 2.05) is 12.1 Å². The molecule has 1 fully saturated rings. The van der Waals surface area contributed by atoms with Gasteiger partial charge in [-0.15, -0.1) is 0 Å². The Bertz CT molecular complexity index is 707. The second-order valence-electron chi connectivity index (χ2n) is 7.17. The average Bonchev–Trinajstić information content (AvgIpc) is 2.64. The van der Waals surface area contributed by atoms with Crippen molar-refractivity contribution in [3.05, 3.63) is 71.8 Å². The molecule has 0 N–H and O–H groups in total. The van der Waals surface area contributed by atoms with Gasteiger partial charge in [0.1, 0.15) is 0 Å². The fourth-order valence-corrected chi connectivity index (χ4v) is 3.85. The molecule has 0 saturated heterocycles. The van der Waals surface area contributed by atoms with Gasteiger partial charge in [-0.3, -0.25) is 0 Å². The zero-order chi connectivity index (χ0) is 17.6. The Morgan fingerprint density at radius 1 is 0.880 bits per heavy atom. The maximum Gasteiger partial charge on any atom is 0.159 e. The topological polar surface area (TPSA) is 0 Å². The van der Waals surface area contributed by atoms with Gasteiger partial charge < -0.3 is 0 Å². The maximum absolute atomic E-state index is 13.4. The number of rotatable bonds is 5. The zero-order valence-electron chi connectivity index (χ0n) is 14.8. The summed E-state index contributed by atoms with van der Waals surface area (Å²) in [5.41, 5.74) is 2.96. The van der Waals surface area contributed by atoms with Gasteiger partial charge >= 0.3 is 0 Å². The molecule has 0 aliphatic heterocycles. The van der Waals surface area contributed by atoms with Crippen molar-refractivity contribution in [2.24, 2.45) is 11.8 Å². The summed E-state index contributed by atoms with van der Waals surface area (Å²) in [6, 6.07) is 12.3. The van der Waals surface area contributed by atoms with Crippen molar-refractivity contribution in [2.75, 3.05) is 0 Å². The van der Waals surface area contributed by atoms with Crippen molar-refractivity contribution < 1.29 is 8.78 Å². The Morgan fingerprint density at radius 2 is 1.56 bits per heavy atom. The van der Waals surface area contributed by atoms with Gasteiger partial charge in [-0.05, 0) is 86.1 Å². The van der Waals surface area contributed by atoms with Crippen LogP contribution in [-0.4, -0.2) is 0 Å². The molecule has 0 radical (unpaired) electrons. The summed E-state index contributed by atoms with van der Waals surface area (Å²) in [7, 11) is 0. The minimum atomic E-state index is -0.801. The molecular weight excluding hydrogens is 314 g/mol. The molecule has 1 aliphatic carbocycles. The van der Waals surface area contributed by atoms with Crippen molar-refractivity contribution in [2.45, 2.75) is 45.4 Å². The predicted octanol–water partition coefficient (Wildman–Crippen LogP) is 6.95. The summed E-state index contributed by atoms with van der Waals surface area (Å²) in [6.45, 7) is 2.11. The highest BCUT2D eigenvalue weighted by atomic mass is 19.2. The normalized spacial score (nSPS) is 20.9. The van der Waals surface area contributed by atoms with Crippen molar-refractivity contribution in [3.8, 4) is 11.1 Å². The monoisotopic (exact) mass is 340 g/mol. The third-order valence-corrected chi connectivity index (χ3v) is 5.40. The Morgan fingerprint density at radius 3 is 2.20 bits per heavy atom. The van der Waals surface area contributed by atoms with Crippen molar-refractivity contribution >= 4 is 0 Å². The van der Waals surface area contributed by atoms with E-state index in [9.17, 15) is 8.78 Å². The summed E-state index contributed by atoms with van der Waals surface area (Å²) in [5.74, 6) is 0.0311. The van der Waals surface area contributed by atoms with Crippen LogP contribution in [0.4, 0.5) is 8.78 Å². The first-order valence-electron chi connectivity index (χ1n) is 9.33. The lowest BCUT2D eigenvalue weighted by atomic mass is 9.79. The van der Waals surface area contributed by atoms with E-state index in [4.69, 9.17) is 0 Å². The lowest BCUT2D eigenvalue weighted by Crippen LogP contribution is -2.13. The second kappa shape index (κ2) is 8.42. The van der Waals surface area contributed by atoms with Crippen LogP contribution in [0.15, 0.2) is 54.6 Å². The Labute approximate surface area is 149 Å². The summed E-state index contributed by atoms with van der Waals surface area (Å²) < 4.78 is 26.4. The van der Waals surface area contributed by atoms with Gasteiger partial charge in [-0.2, -0.15) is 0 Å². The van der Waals surface area contributed by atoms with Crippen molar-refractivity contribution in [1.82, 2.24) is 0 Å². The van der Waals surface area contributed by atoms with Crippen LogP contribution in [0.25, 0.3) is 11.1 Å². The van der Waals surface area contributed by atoms with Gasteiger partial charge in [-0.1, -0.05) is 42.5 Å². The Kier molecular flexibility index (Phi) is 6.01. The van der Waals surface area contributed by atoms with Crippen LogP contribution in [0.2, 0.25) is 0 Å². The molecule has 25 heavy (non-hydrogen) atoms. The molecule has 0 aromatic heterocycles. The van der Waals surface area contributed by atoms with Gasteiger partial charge in [0.2, 0.25) is 0 Å². The molecule has 1 saturated carbocycles. The van der Waals surface area contributed by atoms with Gasteiger partial charge in [0, 0.05) is 0 Å². The predicted molar refractivity (Wildman–Crippen MR) is 100 cm³/mol. The van der Waals surface area contributed by atoms with Crippen LogP contribution in [0.3, 0.4) is 0 Å². The molecule has 3 rings (SSSR count). The van der Waals surface area contributed by atoms with Gasteiger partial charge in [-0.25, -0.2) is 8.78 Å². The first-order valence-corrected chi connectivity index (χ1v) is 9.33. The molecule has 0 atom stereocenters. The number of benzene rings is 2. The Balaban J connectivity index is 1.54. The fourth-order valence-electron chi connectivity index (χ4n) is 3.85. The SMILES string of the molecule is CC=C[C@H]1CC[C@H](CCc2ccc(-c3ccc(F)c(F)c3)cc2)CC1. The molecule has 2 aromatic carbocycles. The average molecular weight is 340 g/mol. The highest BCUT2D eigenvalue weighted by molar-refractivity contribution is 5.63. The fraction of sp³-hybridized carbons (Fsp3) is 0.391. The molecule has 0 amide bonds. The van der Waals surface area contributed by atoms with Crippen LogP contribution in [0.1, 0.15) is 44.6 Å².